The minimum Gasteiger partial charge on any atom is -0.382 e. The third-order valence-corrected chi connectivity index (χ3v) is 6.36. The Hall–Kier alpha value is -0.330. The number of methoxy groups -OCH3 is 1. The van der Waals surface area contributed by atoms with Gasteiger partial charge in [-0.05, 0) is 25.7 Å². The van der Waals surface area contributed by atoms with Gasteiger partial charge in [-0.3, -0.25) is 4.55 Å². The first-order chi connectivity index (χ1) is 17.4. The van der Waals surface area contributed by atoms with Crippen molar-refractivity contribution >= 4 is 10.4 Å². The van der Waals surface area contributed by atoms with Crippen LogP contribution in [0.5, 0.6) is 0 Å². The summed E-state index contributed by atoms with van der Waals surface area (Å²) < 4.78 is 63.3. The first kappa shape index (κ1) is 35.7. The molecule has 0 aromatic rings. The van der Waals surface area contributed by atoms with Crippen LogP contribution in [0.25, 0.3) is 0 Å². The number of hydrogen-bond donors (Lipinski definition) is 1. The fraction of sp³-hybridized carbons (Fsp3) is 1.00. The molecular weight excluding hydrogens is 488 g/mol. The minimum atomic E-state index is -4.47. The van der Waals surface area contributed by atoms with Crippen LogP contribution < -0.4 is 0 Å². The molecule has 0 spiro atoms. The van der Waals surface area contributed by atoms with Crippen molar-refractivity contribution in [1.29, 1.82) is 0 Å². The molecule has 1 N–H and O–H groups in total. The molecular formula is C26H54O9S. The lowest BCUT2D eigenvalue weighted by molar-refractivity contribution is -0.0826. The van der Waals surface area contributed by atoms with E-state index in [1.807, 2.05) is 0 Å². The highest BCUT2D eigenvalue weighted by Crippen LogP contribution is 2.28. The van der Waals surface area contributed by atoms with Gasteiger partial charge in [0.05, 0.1) is 46.2 Å². The predicted molar refractivity (Wildman–Crippen MR) is 142 cm³/mol. The highest BCUT2D eigenvalue weighted by atomic mass is 32.3. The summed E-state index contributed by atoms with van der Waals surface area (Å²) in [5.74, 6) is 0. The van der Waals surface area contributed by atoms with E-state index in [0.29, 0.717) is 39.6 Å². The zero-order chi connectivity index (χ0) is 26.8. The number of rotatable bonds is 29. The van der Waals surface area contributed by atoms with E-state index >= 15 is 0 Å². The van der Waals surface area contributed by atoms with Crippen molar-refractivity contribution in [2.24, 2.45) is 5.41 Å². The molecule has 0 fully saturated rings. The fourth-order valence-electron chi connectivity index (χ4n) is 3.76. The van der Waals surface area contributed by atoms with Gasteiger partial charge in [0.25, 0.3) is 0 Å². The molecule has 0 aliphatic rings. The second-order valence-electron chi connectivity index (χ2n) is 9.44. The van der Waals surface area contributed by atoms with E-state index in [-0.39, 0.29) is 18.6 Å². The Labute approximate surface area is 220 Å². The Bertz CT molecular complexity index is 538. The molecule has 0 radical (unpaired) electrons. The van der Waals surface area contributed by atoms with Gasteiger partial charge in [-0.1, -0.05) is 65.2 Å². The van der Waals surface area contributed by atoms with Gasteiger partial charge in [0.1, 0.15) is 0 Å². The second kappa shape index (κ2) is 25.0. The summed E-state index contributed by atoms with van der Waals surface area (Å²) in [5, 5.41) is 0. The molecule has 0 aliphatic heterocycles. The Kier molecular flexibility index (Phi) is 24.7. The highest BCUT2D eigenvalue weighted by Gasteiger charge is 2.31. The van der Waals surface area contributed by atoms with Gasteiger partial charge in [0, 0.05) is 32.3 Å². The molecule has 1 atom stereocenters. The average Bonchev–Trinajstić information content (AvgIpc) is 2.84. The molecule has 0 amide bonds. The maximum atomic E-state index is 10.8. The van der Waals surface area contributed by atoms with Crippen LogP contribution in [0.2, 0.25) is 0 Å². The van der Waals surface area contributed by atoms with E-state index in [0.717, 1.165) is 58.2 Å². The second-order valence-corrected chi connectivity index (χ2v) is 10.5. The van der Waals surface area contributed by atoms with E-state index in [4.69, 9.17) is 28.2 Å². The Morgan fingerprint density at radius 3 is 1.69 bits per heavy atom. The normalized spacial score (nSPS) is 13.8. The fourth-order valence-corrected chi connectivity index (χ4v) is 4.04. The number of ether oxygens (including phenoxy) is 5. The van der Waals surface area contributed by atoms with Gasteiger partial charge < -0.3 is 23.7 Å². The largest absolute Gasteiger partial charge is 0.397 e. The predicted octanol–water partition coefficient (Wildman–Crippen LogP) is 5.23. The van der Waals surface area contributed by atoms with Crippen molar-refractivity contribution in [2.45, 2.75) is 90.9 Å². The van der Waals surface area contributed by atoms with Crippen LogP contribution in [0.4, 0.5) is 0 Å². The summed E-state index contributed by atoms with van der Waals surface area (Å²) in [6.45, 7) is 8.75. The minimum absolute atomic E-state index is 0.0440. The van der Waals surface area contributed by atoms with Gasteiger partial charge in [-0.15, -0.1) is 0 Å². The Morgan fingerprint density at radius 1 is 0.583 bits per heavy atom. The van der Waals surface area contributed by atoms with Gasteiger partial charge >= 0.3 is 10.4 Å². The first-order valence-corrected chi connectivity index (χ1v) is 15.2. The van der Waals surface area contributed by atoms with Crippen molar-refractivity contribution < 1.29 is 40.8 Å². The molecule has 36 heavy (non-hydrogen) atoms. The molecule has 218 valence electrons. The summed E-state index contributed by atoms with van der Waals surface area (Å²) in [4.78, 5) is 0. The monoisotopic (exact) mass is 542 g/mol. The van der Waals surface area contributed by atoms with Crippen molar-refractivity contribution in [3.63, 3.8) is 0 Å². The first-order valence-electron chi connectivity index (χ1n) is 13.8. The maximum absolute atomic E-state index is 10.8. The molecule has 0 aromatic carbocycles. The highest BCUT2D eigenvalue weighted by molar-refractivity contribution is 7.80. The summed E-state index contributed by atoms with van der Waals surface area (Å²) in [5.41, 5.74) is -0.364. The maximum Gasteiger partial charge on any atom is 0.397 e. The topological polar surface area (TPSA) is 110 Å². The van der Waals surface area contributed by atoms with Crippen molar-refractivity contribution in [1.82, 2.24) is 0 Å². The summed E-state index contributed by atoms with van der Waals surface area (Å²) in [6, 6.07) is 0. The zero-order valence-electron chi connectivity index (χ0n) is 23.2. The molecule has 0 rings (SSSR count). The van der Waals surface area contributed by atoms with Crippen molar-refractivity contribution in [3.05, 3.63) is 0 Å². The smallest absolute Gasteiger partial charge is 0.382 e. The van der Waals surface area contributed by atoms with Crippen LogP contribution in [-0.4, -0.2) is 86.1 Å². The number of hydrogen-bond acceptors (Lipinski definition) is 8. The summed E-state index contributed by atoms with van der Waals surface area (Å²) >= 11 is 0. The average molecular weight is 543 g/mol. The number of unbranched alkanes of at least 4 members (excludes halogenated alkanes) is 8. The third kappa shape index (κ3) is 24.0. The molecule has 0 aliphatic carbocycles. The third-order valence-electron chi connectivity index (χ3n) is 5.90. The standard InChI is InChI=1S/C26H54O9S/c1-4-6-8-9-10-13-18-32-23-26(24-33-20-19-30-3,25-34-21-22-35-36(27,28)29)15-12-11-14-17-31-16-7-5-2/h4-25H2,1-3H3,(H,27,28,29)/t26-/m0/s1. The van der Waals surface area contributed by atoms with Crippen LogP contribution in [0, 0.1) is 5.41 Å². The van der Waals surface area contributed by atoms with Gasteiger partial charge in [-0.25, -0.2) is 4.18 Å². The SMILES string of the molecule is CCCCCCCCOC[C@@](CCCCCOCCCC)(COCCOC)COCCOS(=O)(=O)O. The van der Waals surface area contributed by atoms with E-state index < -0.39 is 10.4 Å². The summed E-state index contributed by atoms with van der Waals surface area (Å²) in [7, 11) is -2.83. The molecule has 0 aromatic heterocycles. The van der Waals surface area contributed by atoms with E-state index in [1.54, 1.807) is 7.11 Å². The van der Waals surface area contributed by atoms with Gasteiger partial charge in [0.2, 0.25) is 0 Å². The molecule has 9 nitrogen and oxygen atoms in total. The van der Waals surface area contributed by atoms with Crippen LogP contribution in [0.1, 0.15) is 90.9 Å². The van der Waals surface area contributed by atoms with E-state index in [9.17, 15) is 8.42 Å². The lowest BCUT2D eigenvalue weighted by atomic mass is 9.84. The molecule has 10 heteroatoms. The van der Waals surface area contributed by atoms with Gasteiger partial charge in [-0.2, -0.15) is 8.42 Å². The van der Waals surface area contributed by atoms with Crippen LogP contribution in [-0.2, 0) is 38.3 Å². The van der Waals surface area contributed by atoms with Crippen molar-refractivity contribution in [3.8, 4) is 0 Å². The molecule has 0 unspecified atom stereocenters. The van der Waals surface area contributed by atoms with Gasteiger partial charge in [0.15, 0.2) is 0 Å². The molecule has 0 heterocycles. The van der Waals surface area contributed by atoms with E-state index in [1.165, 1.54) is 32.1 Å². The molecule has 0 bridgehead atoms. The lowest BCUT2D eigenvalue weighted by Gasteiger charge is -2.33. The van der Waals surface area contributed by atoms with Crippen LogP contribution >= 0.6 is 0 Å². The Balaban J connectivity index is 4.78. The van der Waals surface area contributed by atoms with Crippen LogP contribution in [0.15, 0.2) is 0 Å². The van der Waals surface area contributed by atoms with Crippen molar-refractivity contribution in [2.75, 3.05) is 73.2 Å². The molecule has 0 saturated carbocycles. The Morgan fingerprint density at radius 2 is 1.08 bits per heavy atom. The van der Waals surface area contributed by atoms with E-state index in [2.05, 4.69) is 18.0 Å². The summed E-state index contributed by atoms with van der Waals surface area (Å²) in [6.07, 6.45) is 13.3. The quantitative estimate of drug-likeness (QED) is 0.100. The lowest BCUT2D eigenvalue weighted by Crippen LogP contribution is -2.38. The molecule has 0 saturated heterocycles. The zero-order valence-corrected chi connectivity index (χ0v) is 24.0. The van der Waals surface area contributed by atoms with Crippen LogP contribution in [0.3, 0.4) is 0 Å².